The Labute approximate surface area is 190 Å². The van der Waals surface area contributed by atoms with Crippen molar-refractivity contribution in [3.63, 3.8) is 0 Å². The first kappa shape index (κ1) is 22.5. The van der Waals surface area contributed by atoms with Gasteiger partial charge in [0.15, 0.2) is 9.84 Å². The van der Waals surface area contributed by atoms with E-state index in [-0.39, 0.29) is 17.7 Å². The van der Waals surface area contributed by atoms with Crippen LogP contribution in [0.4, 0.5) is 0 Å². The van der Waals surface area contributed by atoms with E-state index in [9.17, 15) is 18.0 Å². The number of rotatable bonds is 6. The molecule has 2 aliphatic heterocycles. The summed E-state index contributed by atoms with van der Waals surface area (Å²) in [6.45, 7) is 5.31. The van der Waals surface area contributed by atoms with Gasteiger partial charge in [0.2, 0.25) is 5.91 Å². The van der Waals surface area contributed by atoms with Crippen molar-refractivity contribution in [1.29, 1.82) is 0 Å². The summed E-state index contributed by atoms with van der Waals surface area (Å²) >= 11 is 0. The lowest BCUT2D eigenvalue weighted by molar-refractivity contribution is -0.137. The van der Waals surface area contributed by atoms with E-state index in [0.717, 1.165) is 5.56 Å². The third-order valence-electron chi connectivity index (χ3n) is 6.47. The van der Waals surface area contributed by atoms with Gasteiger partial charge in [-0.1, -0.05) is 50.2 Å². The topological polar surface area (TPSA) is 74.8 Å². The van der Waals surface area contributed by atoms with Gasteiger partial charge in [-0.05, 0) is 48.9 Å². The molecule has 0 bridgehead atoms. The molecule has 0 aliphatic carbocycles. The zero-order valence-corrected chi connectivity index (χ0v) is 19.4. The lowest BCUT2D eigenvalue weighted by Gasteiger charge is -2.37. The van der Waals surface area contributed by atoms with Crippen LogP contribution in [0, 0.1) is 5.92 Å². The molecule has 0 saturated carbocycles. The van der Waals surface area contributed by atoms with Gasteiger partial charge in [-0.25, -0.2) is 8.42 Å². The molecule has 2 amide bonds. The third kappa shape index (κ3) is 4.31. The van der Waals surface area contributed by atoms with Crippen LogP contribution in [0.3, 0.4) is 0 Å². The number of sulfone groups is 1. The summed E-state index contributed by atoms with van der Waals surface area (Å²) in [6, 6.07) is 15.5. The Balaban J connectivity index is 1.47. The molecule has 7 heteroatoms. The van der Waals surface area contributed by atoms with Gasteiger partial charge >= 0.3 is 0 Å². The Morgan fingerprint density at radius 1 is 1.00 bits per heavy atom. The summed E-state index contributed by atoms with van der Waals surface area (Å²) in [4.78, 5) is 30.3. The number of benzene rings is 2. The number of amides is 2. The maximum Gasteiger partial charge on any atom is 0.255 e. The Bertz CT molecular complexity index is 1090. The van der Waals surface area contributed by atoms with Crippen molar-refractivity contribution in [2.45, 2.75) is 55.8 Å². The standard InChI is InChI=1S/C25H30N2O4S/c1-18(2)16-23(27-17-19-8-6-7-11-22(19)24(27)28)25(29)26-14-12-21(13-15-26)32(30,31)20-9-4-3-5-10-20/h3-11,18,21,23H,12-17H2,1-2H3/t23-/m1/s1. The molecule has 2 aliphatic rings. The second-order valence-electron chi connectivity index (χ2n) is 9.12. The normalized spacial score (nSPS) is 18.2. The number of hydrogen-bond acceptors (Lipinski definition) is 4. The van der Waals surface area contributed by atoms with Gasteiger partial charge < -0.3 is 9.80 Å². The van der Waals surface area contributed by atoms with Gasteiger partial charge in [0.1, 0.15) is 6.04 Å². The van der Waals surface area contributed by atoms with Crippen LogP contribution >= 0.6 is 0 Å². The summed E-state index contributed by atoms with van der Waals surface area (Å²) in [5, 5.41) is -0.491. The van der Waals surface area contributed by atoms with Gasteiger partial charge in [-0.2, -0.15) is 0 Å². The van der Waals surface area contributed by atoms with E-state index in [0.29, 0.717) is 49.4 Å². The number of nitrogens with zero attached hydrogens (tertiary/aromatic N) is 2. The minimum atomic E-state index is -3.41. The van der Waals surface area contributed by atoms with Crippen LogP contribution in [0.2, 0.25) is 0 Å². The summed E-state index contributed by atoms with van der Waals surface area (Å²) in [5.74, 6) is 0.0769. The molecule has 1 saturated heterocycles. The van der Waals surface area contributed by atoms with Crippen molar-refractivity contribution in [3.8, 4) is 0 Å². The Kier molecular flexibility index (Phi) is 6.38. The predicted octanol–water partition coefficient (Wildman–Crippen LogP) is 3.52. The monoisotopic (exact) mass is 454 g/mol. The maximum atomic E-state index is 13.5. The van der Waals surface area contributed by atoms with Crippen LogP contribution in [0.1, 0.15) is 49.0 Å². The molecule has 2 aromatic rings. The van der Waals surface area contributed by atoms with Crippen molar-refractivity contribution in [2.75, 3.05) is 13.1 Å². The van der Waals surface area contributed by atoms with E-state index < -0.39 is 21.1 Å². The fourth-order valence-corrected chi connectivity index (χ4v) is 6.49. The van der Waals surface area contributed by atoms with Crippen LogP contribution in [-0.4, -0.2) is 54.4 Å². The predicted molar refractivity (Wildman–Crippen MR) is 123 cm³/mol. The van der Waals surface area contributed by atoms with Crippen molar-refractivity contribution in [1.82, 2.24) is 9.80 Å². The van der Waals surface area contributed by atoms with E-state index in [4.69, 9.17) is 0 Å². The van der Waals surface area contributed by atoms with Gasteiger partial charge in [0, 0.05) is 25.2 Å². The molecule has 0 spiro atoms. The molecule has 0 unspecified atom stereocenters. The number of fused-ring (bicyclic) bond motifs is 1. The minimum Gasteiger partial charge on any atom is -0.341 e. The zero-order valence-electron chi connectivity index (χ0n) is 18.6. The van der Waals surface area contributed by atoms with E-state index in [1.54, 1.807) is 40.1 Å². The summed E-state index contributed by atoms with van der Waals surface area (Å²) < 4.78 is 25.9. The molecule has 32 heavy (non-hydrogen) atoms. The van der Waals surface area contributed by atoms with Gasteiger partial charge in [0.05, 0.1) is 10.1 Å². The zero-order chi connectivity index (χ0) is 22.9. The van der Waals surface area contributed by atoms with E-state index in [1.807, 2.05) is 38.1 Å². The Hall–Kier alpha value is -2.67. The van der Waals surface area contributed by atoms with Crippen LogP contribution in [0.5, 0.6) is 0 Å². The molecule has 2 heterocycles. The smallest absolute Gasteiger partial charge is 0.255 e. The van der Waals surface area contributed by atoms with Gasteiger partial charge in [-0.3, -0.25) is 9.59 Å². The lowest BCUT2D eigenvalue weighted by Crippen LogP contribution is -2.52. The highest BCUT2D eigenvalue weighted by Crippen LogP contribution is 2.30. The van der Waals surface area contributed by atoms with Crippen molar-refractivity contribution < 1.29 is 18.0 Å². The highest BCUT2D eigenvalue weighted by molar-refractivity contribution is 7.92. The fraction of sp³-hybridized carbons (Fsp3) is 0.440. The Morgan fingerprint density at radius 2 is 1.62 bits per heavy atom. The molecular formula is C25H30N2O4S. The maximum absolute atomic E-state index is 13.5. The fourth-order valence-electron chi connectivity index (χ4n) is 4.74. The van der Waals surface area contributed by atoms with Gasteiger partial charge in [0.25, 0.3) is 5.91 Å². The second kappa shape index (κ2) is 9.06. The molecule has 170 valence electrons. The van der Waals surface area contributed by atoms with Gasteiger partial charge in [-0.15, -0.1) is 0 Å². The molecular weight excluding hydrogens is 424 g/mol. The van der Waals surface area contributed by atoms with E-state index in [1.165, 1.54) is 0 Å². The molecule has 0 N–H and O–H groups in total. The molecule has 1 fully saturated rings. The van der Waals surface area contributed by atoms with Crippen LogP contribution < -0.4 is 0 Å². The average Bonchev–Trinajstić information content (AvgIpc) is 3.14. The van der Waals surface area contributed by atoms with Crippen LogP contribution in [0.15, 0.2) is 59.5 Å². The molecule has 0 aromatic heterocycles. The van der Waals surface area contributed by atoms with Crippen LogP contribution in [-0.2, 0) is 21.2 Å². The van der Waals surface area contributed by atoms with Crippen molar-refractivity contribution in [2.24, 2.45) is 5.92 Å². The first-order valence-corrected chi connectivity index (χ1v) is 12.8. The first-order chi connectivity index (χ1) is 15.3. The number of likely N-dealkylation sites (tertiary alicyclic amines) is 1. The Morgan fingerprint density at radius 3 is 2.25 bits per heavy atom. The quantitative estimate of drug-likeness (QED) is 0.669. The highest BCUT2D eigenvalue weighted by Gasteiger charge is 2.40. The molecule has 0 radical (unpaired) electrons. The minimum absolute atomic E-state index is 0.0737. The van der Waals surface area contributed by atoms with Crippen molar-refractivity contribution >= 4 is 21.7 Å². The SMILES string of the molecule is CC(C)C[C@H](C(=O)N1CCC(S(=O)(=O)c2ccccc2)CC1)N1Cc2ccccc2C1=O. The lowest BCUT2D eigenvalue weighted by atomic mass is 10.00. The largest absolute Gasteiger partial charge is 0.341 e. The summed E-state index contributed by atoms with van der Waals surface area (Å²) in [5.41, 5.74) is 1.62. The molecule has 4 rings (SSSR count). The molecule has 2 aromatic carbocycles. The summed E-state index contributed by atoms with van der Waals surface area (Å²) in [7, 11) is -3.41. The third-order valence-corrected chi connectivity index (χ3v) is 8.75. The number of carbonyl (C=O) groups is 2. The van der Waals surface area contributed by atoms with E-state index in [2.05, 4.69) is 0 Å². The van der Waals surface area contributed by atoms with Crippen molar-refractivity contribution in [3.05, 3.63) is 65.7 Å². The van der Waals surface area contributed by atoms with E-state index >= 15 is 0 Å². The average molecular weight is 455 g/mol. The summed E-state index contributed by atoms with van der Waals surface area (Å²) in [6.07, 6.45) is 1.40. The first-order valence-electron chi connectivity index (χ1n) is 11.3. The second-order valence-corrected chi connectivity index (χ2v) is 11.3. The molecule has 1 atom stereocenters. The highest BCUT2D eigenvalue weighted by atomic mass is 32.2. The number of carbonyl (C=O) groups excluding carboxylic acids is 2. The number of hydrogen-bond donors (Lipinski definition) is 0. The van der Waals surface area contributed by atoms with Crippen LogP contribution in [0.25, 0.3) is 0 Å². The number of piperidine rings is 1. The molecule has 6 nitrogen and oxygen atoms in total.